The minimum absolute atomic E-state index is 0.00952. The number of methoxy groups -OCH3 is 1. The van der Waals surface area contributed by atoms with Gasteiger partial charge >= 0.3 is 0 Å². The number of piperidine rings is 1. The van der Waals surface area contributed by atoms with E-state index in [2.05, 4.69) is 20.2 Å². The summed E-state index contributed by atoms with van der Waals surface area (Å²) in [6.07, 6.45) is 3.36. The summed E-state index contributed by atoms with van der Waals surface area (Å²) in [5, 5.41) is 2.78. The predicted molar refractivity (Wildman–Crippen MR) is 80.8 cm³/mol. The van der Waals surface area contributed by atoms with E-state index in [9.17, 15) is 4.79 Å². The van der Waals surface area contributed by atoms with E-state index >= 15 is 0 Å². The number of aromatic nitrogens is 2. The Morgan fingerprint density at radius 2 is 2.32 bits per heavy atom. The van der Waals surface area contributed by atoms with Gasteiger partial charge in [-0.2, -0.15) is 0 Å². The molecule has 7 heteroatoms. The number of hydrogen-bond donors (Lipinski definition) is 1. The second-order valence-corrected chi connectivity index (χ2v) is 5.74. The molecule has 1 amide bonds. The molecular formula is C15H22N4O3. The van der Waals surface area contributed by atoms with Crippen molar-refractivity contribution in [1.29, 1.82) is 0 Å². The third kappa shape index (κ3) is 2.85. The van der Waals surface area contributed by atoms with E-state index in [0.717, 1.165) is 31.7 Å². The number of anilines is 1. The summed E-state index contributed by atoms with van der Waals surface area (Å²) < 4.78 is 11.0. The molecule has 1 aromatic heterocycles. The average Bonchev–Trinajstić information content (AvgIpc) is 2.60. The zero-order chi connectivity index (χ0) is 15.5. The summed E-state index contributed by atoms with van der Waals surface area (Å²) in [7, 11) is 3.29. The van der Waals surface area contributed by atoms with Gasteiger partial charge in [0.2, 0.25) is 11.8 Å². The smallest absolute Gasteiger partial charge is 0.223 e. The largest absolute Gasteiger partial charge is 0.481 e. The Morgan fingerprint density at radius 3 is 3.09 bits per heavy atom. The molecule has 120 valence electrons. The van der Waals surface area contributed by atoms with Gasteiger partial charge in [-0.05, 0) is 12.8 Å². The number of carbonyl (C=O) groups excluding carboxylic acids is 1. The highest BCUT2D eigenvalue weighted by atomic mass is 16.5. The summed E-state index contributed by atoms with van der Waals surface area (Å²) in [5.74, 6) is 1.71. The molecule has 0 radical (unpaired) electrons. The van der Waals surface area contributed by atoms with E-state index in [-0.39, 0.29) is 23.8 Å². The molecule has 2 saturated heterocycles. The van der Waals surface area contributed by atoms with Crippen molar-refractivity contribution in [3.05, 3.63) is 12.4 Å². The fourth-order valence-electron chi connectivity index (χ4n) is 3.45. The van der Waals surface area contributed by atoms with E-state index in [1.807, 2.05) is 6.07 Å². The summed E-state index contributed by atoms with van der Waals surface area (Å²) in [4.78, 5) is 22.7. The number of fused-ring (bicyclic) bond motifs is 1. The van der Waals surface area contributed by atoms with Gasteiger partial charge in [-0.25, -0.2) is 9.97 Å². The topological polar surface area (TPSA) is 76.6 Å². The molecule has 2 fully saturated rings. The third-order valence-corrected chi connectivity index (χ3v) is 4.61. The van der Waals surface area contributed by atoms with Crippen molar-refractivity contribution in [2.45, 2.75) is 18.9 Å². The minimum Gasteiger partial charge on any atom is -0.481 e. The maximum absolute atomic E-state index is 12.1. The lowest BCUT2D eigenvalue weighted by Crippen LogP contribution is -2.53. The van der Waals surface area contributed by atoms with Crippen LogP contribution in [0, 0.1) is 11.8 Å². The van der Waals surface area contributed by atoms with Crippen molar-refractivity contribution < 1.29 is 14.3 Å². The first kappa shape index (κ1) is 15.0. The third-order valence-electron chi connectivity index (χ3n) is 4.61. The summed E-state index contributed by atoms with van der Waals surface area (Å²) >= 11 is 0. The molecule has 0 spiro atoms. The molecule has 0 aliphatic carbocycles. The van der Waals surface area contributed by atoms with Crippen molar-refractivity contribution >= 4 is 11.7 Å². The molecule has 0 bridgehead atoms. The van der Waals surface area contributed by atoms with E-state index in [1.165, 1.54) is 6.33 Å². The molecular weight excluding hydrogens is 284 g/mol. The van der Waals surface area contributed by atoms with Crippen LogP contribution in [0.1, 0.15) is 12.8 Å². The molecule has 0 aromatic carbocycles. The number of amides is 1. The number of ether oxygens (including phenoxy) is 2. The standard InChI is InChI=1S/C15H22N4O3/c1-16-15(20)10-4-6-22-12-3-5-19(8-11(10)12)13-7-14(21-2)18-9-17-13/h7,9-12H,3-6,8H2,1-2H3,(H,16,20)/t10-,11+,12-/m1/s1. The van der Waals surface area contributed by atoms with Gasteiger partial charge in [-0.3, -0.25) is 4.79 Å². The first-order valence-corrected chi connectivity index (χ1v) is 7.67. The fourth-order valence-corrected chi connectivity index (χ4v) is 3.45. The number of carbonyl (C=O) groups is 1. The zero-order valence-corrected chi connectivity index (χ0v) is 13.0. The normalized spacial score (nSPS) is 27.9. The Hall–Kier alpha value is -1.89. The van der Waals surface area contributed by atoms with Crippen LogP contribution >= 0.6 is 0 Å². The van der Waals surface area contributed by atoms with Gasteiger partial charge in [0.25, 0.3) is 0 Å². The number of nitrogens with zero attached hydrogens (tertiary/aromatic N) is 3. The second kappa shape index (κ2) is 6.48. The lowest BCUT2D eigenvalue weighted by atomic mass is 9.79. The van der Waals surface area contributed by atoms with Crippen LogP contribution in [0.3, 0.4) is 0 Å². The van der Waals surface area contributed by atoms with Crippen LogP contribution < -0.4 is 15.0 Å². The highest BCUT2D eigenvalue weighted by Crippen LogP contribution is 2.34. The van der Waals surface area contributed by atoms with Crippen LogP contribution in [-0.2, 0) is 9.53 Å². The number of nitrogens with one attached hydrogen (secondary N) is 1. The van der Waals surface area contributed by atoms with Crippen LogP contribution in [-0.4, -0.2) is 55.8 Å². The maximum Gasteiger partial charge on any atom is 0.223 e. The molecule has 3 heterocycles. The van der Waals surface area contributed by atoms with Gasteiger partial charge in [-0.15, -0.1) is 0 Å². The van der Waals surface area contributed by atoms with Gasteiger partial charge in [0.15, 0.2) is 0 Å². The first-order chi connectivity index (χ1) is 10.7. The SMILES string of the molecule is CNC(=O)[C@@H]1CCO[C@@H]2CCN(c3cc(OC)ncn3)C[C@H]21. The predicted octanol–water partition coefficient (Wildman–Crippen LogP) is 0.463. The van der Waals surface area contributed by atoms with E-state index in [4.69, 9.17) is 9.47 Å². The molecule has 2 aliphatic rings. The molecule has 7 nitrogen and oxygen atoms in total. The van der Waals surface area contributed by atoms with Crippen LogP contribution in [0.15, 0.2) is 12.4 Å². The highest BCUT2D eigenvalue weighted by molar-refractivity contribution is 5.79. The Morgan fingerprint density at radius 1 is 1.45 bits per heavy atom. The fraction of sp³-hybridized carbons (Fsp3) is 0.667. The Bertz CT molecular complexity index is 539. The van der Waals surface area contributed by atoms with Crippen molar-refractivity contribution in [1.82, 2.24) is 15.3 Å². The quantitative estimate of drug-likeness (QED) is 0.874. The van der Waals surface area contributed by atoms with Crippen molar-refractivity contribution in [2.75, 3.05) is 38.8 Å². The molecule has 3 rings (SSSR count). The molecule has 2 aliphatic heterocycles. The summed E-state index contributed by atoms with van der Waals surface area (Å²) in [6, 6.07) is 1.83. The minimum atomic E-state index is 0.00952. The lowest BCUT2D eigenvalue weighted by Gasteiger charge is -2.44. The molecule has 0 saturated carbocycles. The van der Waals surface area contributed by atoms with Crippen LogP contribution in [0.5, 0.6) is 5.88 Å². The van der Waals surface area contributed by atoms with Crippen LogP contribution in [0.2, 0.25) is 0 Å². The zero-order valence-electron chi connectivity index (χ0n) is 13.0. The Kier molecular flexibility index (Phi) is 4.42. The molecule has 3 atom stereocenters. The summed E-state index contributed by atoms with van der Waals surface area (Å²) in [6.45, 7) is 2.30. The first-order valence-electron chi connectivity index (χ1n) is 7.67. The van der Waals surface area contributed by atoms with Crippen LogP contribution in [0.25, 0.3) is 0 Å². The molecule has 22 heavy (non-hydrogen) atoms. The summed E-state index contributed by atoms with van der Waals surface area (Å²) in [5.41, 5.74) is 0. The van der Waals surface area contributed by atoms with Gasteiger partial charge in [-0.1, -0.05) is 0 Å². The van der Waals surface area contributed by atoms with E-state index < -0.39 is 0 Å². The van der Waals surface area contributed by atoms with E-state index in [1.54, 1.807) is 14.2 Å². The lowest BCUT2D eigenvalue weighted by molar-refractivity contribution is -0.136. The van der Waals surface area contributed by atoms with Crippen molar-refractivity contribution in [3.8, 4) is 5.88 Å². The van der Waals surface area contributed by atoms with Crippen molar-refractivity contribution in [2.24, 2.45) is 11.8 Å². The van der Waals surface area contributed by atoms with E-state index in [0.29, 0.717) is 12.5 Å². The second-order valence-electron chi connectivity index (χ2n) is 5.74. The average molecular weight is 306 g/mol. The van der Waals surface area contributed by atoms with Crippen LogP contribution in [0.4, 0.5) is 5.82 Å². The highest BCUT2D eigenvalue weighted by Gasteiger charge is 2.41. The molecule has 0 unspecified atom stereocenters. The monoisotopic (exact) mass is 306 g/mol. The molecule has 1 N–H and O–H groups in total. The van der Waals surface area contributed by atoms with Gasteiger partial charge in [0.1, 0.15) is 12.1 Å². The molecule has 1 aromatic rings. The number of rotatable bonds is 3. The van der Waals surface area contributed by atoms with Gasteiger partial charge in [0, 0.05) is 44.6 Å². The van der Waals surface area contributed by atoms with Crippen molar-refractivity contribution in [3.63, 3.8) is 0 Å². The maximum atomic E-state index is 12.1. The Balaban J connectivity index is 1.78. The van der Waals surface area contributed by atoms with Gasteiger partial charge < -0.3 is 19.7 Å². The van der Waals surface area contributed by atoms with Gasteiger partial charge in [0.05, 0.1) is 13.2 Å². The number of hydrogen-bond acceptors (Lipinski definition) is 6. The Labute approximate surface area is 130 Å².